The molecule has 0 unspecified atom stereocenters. The van der Waals surface area contributed by atoms with Gasteiger partial charge in [-0.1, -0.05) is 6.92 Å². The summed E-state index contributed by atoms with van der Waals surface area (Å²) >= 11 is 0. The van der Waals surface area contributed by atoms with Gasteiger partial charge in [0.2, 0.25) is 0 Å². The van der Waals surface area contributed by atoms with Crippen LogP contribution in [0.15, 0.2) is 12.1 Å². The van der Waals surface area contributed by atoms with E-state index in [1.807, 2.05) is 0 Å². The lowest BCUT2D eigenvalue weighted by Gasteiger charge is -2.33. The summed E-state index contributed by atoms with van der Waals surface area (Å²) < 4.78 is 11.1. The number of nitrogens with zero attached hydrogens (tertiary/aromatic N) is 2. The highest BCUT2D eigenvalue weighted by atomic mass is 16.6. The van der Waals surface area contributed by atoms with Gasteiger partial charge in [0.1, 0.15) is 13.2 Å². The number of anilines is 1. The first-order valence-electron chi connectivity index (χ1n) is 8.15. The third-order valence-electron chi connectivity index (χ3n) is 4.85. The van der Waals surface area contributed by atoms with Gasteiger partial charge in [0, 0.05) is 19.2 Å². The van der Waals surface area contributed by atoms with E-state index in [2.05, 4.69) is 11.8 Å². The van der Waals surface area contributed by atoms with Crippen molar-refractivity contribution in [2.24, 2.45) is 5.92 Å². The number of carbonyl (C=O) groups is 2. The van der Waals surface area contributed by atoms with Crippen LogP contribution in [-0.4, -0.2) is 49.6 Å². The summed E-state index contributed by atoms with van der Waals surface area (Å²) in [4.78, 5) is 28.5. The molecule has 3 aliphatic heterocycles. The molecule has 1 amide bonds. The monoisotopic (exact) mass is 316 g/mol. The molecule has 0 aliphatic carbocycles. The number of ketones is 1. The highest BCUT2D eigenvalue weighted by molar-refractivity contribution is 6.52. The predicted octanol–water partition coefficient (Wildman–Crippen LogP) is 1.68. The van der Waals surface area contributed by atoms with Crippen LogP contribution in [0, 0.1) is 5.92 Å². The van der Waals surface area contributed by atoms with Crippen molar-refractivity contribution in [2.45, 2.75) is 19.8 Å². The van der Waals surface area contributed by atoms with E-state index in [1.165, 1.54) is 0 Å². The topological polar surface area (TPSA) is 59.1 Å². The number of fused-ring (bicyclic) bond motifs is 2. The van der Waals surface area contributed by atoms with Gasteiger partial charge in [-0.15, -0.1) is 0 Å². The Labute approximate surface area is 134 Å². The molecule has 3 aliphatic rings. The molecule has 1 saturated heterocycles. The molecule has 4 rings (SSSR count). The molecule has 0 aromatic heterocycles. The number of carbonyl (C=O) groups excluding carboxylic acids is 2. The molecule has 1 aromatic carbocycles. The third-order valence-corrected chi connectivity index (χ3v) is 4.85. The summed E-state index contributed by atoms with van der Waals surface area (Å²) in [6, 6.07) is 3.40. The largest absolute Gasteiger partial charge is 0.486 e. The summed E-state index contributed by atoms with van der Waals surface area (Å²) in [7, 11) is 0. The number of piperidine rings is 1. The molecule has 6 nitrogen and oxygen atoms in total. The van der Waals surface area contributed by atoms with Gasteiger partial charge in [0.25, 0.3) is 5.78 Å². The van der Waals surface area contributed by atoms with Crippen molar-refractivity contribution in [2.75, 3.05) is 37.9 Å². The fourth-order valence-electron chi connectivity index (χ4n) is 3.37. The zero-order chi connectivity index (χ0) is 16.0. The van der Waals surface area contributed by atoms with Gasteiger partial charge < -0.3 is 9.47 Å². The van der Waals surface area contributed by atoms with Crippen LogP contribution in [-0.2, 0) is 4.79 Å². The van der Waals surface area contributed by atoms with Crippen LogP contribution < -0.4 is 14.4 Å². The molecule has 3 heterocycles. The van der Waals surface area contributed by atoms with Crippen molar-refractivity contribution < 1.29 is 19.1 Å². The van der Waals surface area contributed by atoms with Crippen LogP contribution in [0.3, 0.4) is 0 Å². The van der Waals surface area contributed by atoms with Gasteiger partial charge in [0.15, 0.2) is 11.5 Å². The maximum absolute atomic E-state index is 12.4. The van der Waals surface area contributed by atoms with Gasteiger partial charge >= 0.3 is 5.91 Å². The molecule has 0 spiro atoms. The highest BCUT2D eigenvalue weighted by Crippen LogP contribution is 2.40. The second kappa shape index (κ2) is 5.53. The summed E-state index contributed by atoms with van der Waals surface area (Å²) in [5.74, 6) is 0.967. The number of amides is 1. The minimum atomic E-state index is -0.457. The second-order valence-corrected chi connectivity index (χ2v) is 6.52. The number of hydrogen-bond acceptors (Lipinski definition) is 5. The van der Waals surface area contributed by atoms with Gasteiger partial charge in [-0.05, 0) is 24.8 Å². The average Bonchev–Trinajstić information content (AvgIpc) is 2.80. The highest BCUT2D eigenvalue weighted by Gasteiger charge is 2.38. The number of rotatable bonds is 2. The minimum absolute atomic E-state index is 0.421. The molecular formula is C17H20N2O4. The first kappa shape index (κ1) is 14.5. The lowest BCUT2D eigenvalue weighted by Crippen LogP contribution is -2.44. The smallest absolute Gasteiger partial charge is 0.300 e. The number of Topliss-reactive ketones (excluding diaryl/α,β-unsaturated/α-hetero) is 1. The first-order chi connectivity index (χ1) is 11.1. The molecule has 1 fully saturated rings. The quantitative estimate of drug-likeness (QED) is 0.777. The predicted molar refractivity (Wildman–Crippen MR) is 84.1 cm³/mol. The van der Waals surface area contributed by atoms with E-state index in [1.54, 1.807) is 17.0 Å². The molecule has 6 heteroatoms. The molecule has 0 bridgehead atoms. The summed E-state index contributed by atoms with van der Waals surface area (Å²) in [5.41, 5.74) is 1.06. The van der Waals surface area contributed by atoms with Gasteiger partial charge in [-0.2, -0.15) is 0 Å². The SMILES string of the molecule is CC1CCN(CN2C(=O)C(=O)c3cc4c(cc32)OCCO4)CC1. The van der Waals surface area contributed by atoms with Crippen LogP contribution in [0.25, 0.3) is 0 Å². The van der Waals surface area contributed by atoms with Crippen LogP contribution in [0.1, 0.15) is 30.1 Å². The van der Waals surface area contributed by atoms with Crippen molar-refractivity contribution >= 4 is 17.4 Å². The number of likely N-dealkylation sites (tertiary alicyclic amines) is 1. The van der Waals surface area contributed by atoms with E-state index in [9.17, 15) is 9.59 Å². The van der Waals surface area contributed by atoms with Crippen LogP contribution in [0.2, 0.25) is 0 Å². The van der Waals surface area contributed by atoms with Crippen molar-refractivity contribution in [3.05, 3.63) is 17.7 Å². The average molecular weight is 316 g/mol. The van der Waals surface area contributed by atoms with Gasteiger partial charge in [-0.3, -0.25) is 19.4 Å². The Balaban J connectivity index is 1.62. The van der Waals surface area contributed by atoms with Crippen molar-refractivity contribution in [1.82, 2.24) is 4.90 Å². The van der Waals surface area contributed by atoms with Gasteiger partial charge in [0.05, 0.1) is 17.9 Å². The second-order valence-electron chi connectivity index (χ2n) is 6.52. The Morgan fingerprint density at radius 2 is 1.74 bits per heavy atom. The standard InChI is InChI=1S/C17H20N2O4/c1-11-2-4-18(5-3-11)10-19-13-9-15-14(22-6-7-23-15)8-12(13)16(20)17(19)21/h8-9,11H,2-7,10H2,1H3. The van der Waals surface area contributed by atoms with Gasteiger partial charge in [-0.25, -0.2) is 0 Å². The van der Waals surface area contributed by atoms with E-state index in [4.69, 9.17) is 9.47 Å². The number of ether oxygens (including phenoxy) is 2. The first-order valence-corrected chi connectivity index (χ1v) is 8.15. The maximum atomic E-state index is 12.4. The lowest BCUT2D eigenvalue weighted by atomic mass is 10.00. The van der Waals surface area contributed by atoms with Crippen molar-refractivity contribution in [3.63, 3.8) is 0 Å². The lowest BCUT2D eigenvalue weighted by molar-refractivity contribution is -0.114. The molecule has 0 N–H and O–H groups in total. The Morgan fingerprint density at radius 3 is 2.43 bits per heavy atom. The molecule has 0 saturated carbocycles. The normalized spacial score (nSPS) is 21.7. The fourth-order valence-corrected chi connectivity index (χ4v) is 3.37. The van der Waals surface area contributed by atoms with E-state index in [0.29, 0.717) is 42.6 Å². The Bertz CT molecular complexity index is 665. The van der Waals surface area contributed by atoms with Crippen molar-refractivity contribution in [1.29, 1.82) is 0 Å². The van der Waals surface area contributed by atoms with E-state index >= 15 is 0 Å². The van der Waals surface area contributed by atoms with Crippen LogP contribution in [0.5, 0.6) is 11.5 Å². The van der Waals surface area contributed by atoms with Crippen molar-refractivity contribution in [3.8, 4) is 11.5 Å². The Morgan fingerprint density at radius 1 is 1.09 bits per heavy atom. The molecular weight excluding hydrogens is 296 g/mol. The maximum Gasteiger partial charge on any atom is 0.300 e. The van der Waals surface area contributed by atoms with E-state index in [0.717, 1.165) is 31.8 Å². The Hall–Kier alpha value is -2.08. The molecule has 122 valence electrons. The van der Waals surface area contributed by atoms with Crippen LogP contribution >= 0.6 is 0 Å². The third kappa shape index (κ3) is 2.47. The summed E-state index contributed by atoms with van der Waals surface area (Å²) in [6.07, 6.45) is 2.26. The van der Waals surface area contributed by atoms with Crippen LogP contribution in [0.4, 0.5) is 5.69 Å². The number of benzene rings is 1. The number of hydrogen-bond donors (Lipinski definition) is 0. The molecule has 0 radical (unpaired) electrons. The zero-order valence-electron chi connectivity index (χ0n) is 13.2. The minimum Gasteiger partial charge on any atom is -0.486 e. The molecule has 23 heavy (non-hydrogen) atoms. The molecule has 0 atom stereocenters. The summed E-state index contributed by atoms with van der Waals surface area (Å²) in [5, 5.41) is 0. The van der Waals surface area contributed by atoms with E-state index in [-0.39, 0.29) is 0 Å². The Kier molecular flexibility index (Phi) is 3.49. The molecule has 1 aromatic rings. The van der Waals surface area contributed by atoms with E-state index < -0.39 is 11.7 Å². The summed E-state index contributed by atoms with van der Waals surface area (Å²) in [6.45, 7) is 5.57. The fraction of sp³-hybridized carbons (Fsp3) is 0.529. The zero-order valence-corrected chi connectivity index (χ0v) is 13.2.